The SMILES string of the molecule is CC(Nc1cncc(F)c1)c1ccc(Br)cc1F. The first kappa shape index (κ1) is 13.0. The lowest BCUT2D eigenvalue weighted by atomic mass is 10.1. The number of nitrogens with one attached hydrogen (secondary N) is 1. The van der Waals surface area contributed by atoms with Crippen LogP contribution < -0.4 is 5.32 Å². The molecule has 0 spiro atoms. The maximum Gasteiger partial charge on any atom is 0.143 e. The number of nitrogens with zero attached hydrogens (tertiary/aromatic N) is 1. The molecule has 0 saturated carbocycles. The molecule has 0 aliphatic heterocycles. The van der Waals surface area contributed by atoms with Gasteiger partial charge in [0.1, 0.15) is 11.6 Å². The van der Waals surface area contributed by atoms with Crippen LogP contribution in [0.3, 0.4) is 0 Å². The standard InChI is InChI=1S/C13H11BrF2N2/c1-8(12-3-2-9(14)4-13(12)16)18-11-5-10(15)6-17-7-11/h2-8,18H,1H3. The van der Waals surface area contributed by atoms with Gasteiger partial charge in [0.15, 0.2) is 0 Å². The fraction of sp³-hybridized carbons (Fsp3) is 0.154. The lowest BCUT2D eigenvalue weighted by Crippen LogP contribution is -2.09. The molecule has 2 aromatic rings. The molecular weight excluding hydrogens is 302 g/mol. The third-order valence-electron chi connectivity index (χ3n) is 2.52. The molecule has 1 heterocycles. The Morgan fingerprint density at radius 1 is 1.22 bits per heavy atom. The number of hydrogen-bond donors (Lipinski definition) is 1. The van der Waals surface area contributed by atoms with Gasteiger partial charge in [-0.05, 0) is 19.1 Å². The first-order chi connectivity index (χ1) is 8.56. The zero-order valence-corrected chi connectivity index (χ0v) is 11.2. The van der Waals surface area contributed by atoms with Gasteiger partial charge in [0.05, 0.1) is 24.1 Å². The molecule has 2 nitrogen and oxygen atoms in total. The fourth-order valence-electron chi connectivity index (χ4n) is 1.67. The summed E-state index contributed by atoms with van der Waals surface area (Å²) in [5.41, 5.74) is 1.03. The van der Waals surface area contributed by atoms with E-state index in [2.05, 4.69) is 26.2 Å². The monoisotopic (exact) mass is 312 g/mol. The smallest absolute Gasteiger partial charge is 0.143 e. The highest BCUT2D eigenvalue weighted by molar-refractivity contribution is 9.10. The van der Waals surface area contributed by atoms with Gasteiger partial charge in [0.25, 0.3) is 0 Å². The average Bonchev–Trinajstić information content (AvgIpc) is 2.28. The van der Waals surface area contributed by atoms with E-state index < -0.39 is 5.82 Å². The highest BCUT2D eigenvalue weighted by atomic mass is 79.9. The highest BCUT2D eigenvalue weighted by Gasteiger charge is 2.11. The molecule has 1 aromatic heterocycles. The van der Waals surface area contributed by atoms with Gasteiger partial charge >= 0.3 is 0 Å². The van der Waals surface area contributed by atoms with E-state index in [0.717, 1.165) is 6.20 Å². The zero-order chi connectivity index (χ0) is 13.1. The van der Waals surface area contributed by atoms with E-state index in [1.807, 2.05) is 0 Å². The molecule has 0 aliphatic carbocycles. The first-order valence-electron chi connectivity index (χ1n) is 5.38. The van der Waals surface area contributed by atoms with Crippen LogP contribution in [0.2, 0.25) is 0 Å². The molecule has 0 radical (unpaired) electrons. The van der Waals surface area contributed by atoms with E-state index in [1.165, 1.54) is 18.3 Å². The Balaban J connectivity index is 2.19. The Labute approximate surface area is 112 Å². The van der Waals surface area contributed by atoms with Crippen molar-refractivity contribution in [2.45, 2.75) is 13.0 Å². The van der Waals surface area contributed by atoms with Gasteiger partial charge in [-0.2, -0.15) is 0 Å². The second-order valence-corrected chi connectivity index (χ2v) is 4.84. The average molecular weight is 313 g/mol. The van der Waals surface area contributed by atoms with Gasteiger partial charge in [-0.3, -0.25) is 4.98 Å². The van der Waals surface area contributed by atoms with E-state index in [-0.39, 0.29) is 11.9 Å². The number of rotatable bonds is 3. The fourth-order valence-corrected chi connectivity index (χ4v) is 2.00. The van der Waals surface area contributed by atoms with E-state index in [4.69, 9.17) is 0 Å². The number of aromatic nitrogens is 1. The van der Waals surface area contributed by atoms with Crippen LogP contribution in [-0.2, 0) is 0 Å². The van der Waals surface area contributed by atoms with Crippen LogP contribution >= 0.6 is 15.9 Å². The van der Waals surface area contributed by atoms with E-state index >= 15 is 0 Å². The molecule has 94 valence electrons. The van der Waals surface area contributed by atoms with Crippen molar-refractivity contribution in [3.63, 3.8) is 0 Å². The first-order valence-corrected chi connectivity index (χ1v) is 6.17. The lowest BCUT2D eigenvalue weighted by molar-refractivity contribution is 0.598. The summed E-state index contributed by atoms with van der Waals surface area (Å²) >= 11 is 3.20. The third-order valence-corrected chi connectivity index (χ3v) is 3.01. The lowest BCUT2D eigenvalue weighted by Gasteiger charge is -2.16. The van der Waals surface area contributed by atoms with E-state index in [9.17, 15) is 8.78 Å². The number of anilines is 1. The Kier molecular flexibility index (Phi) is 3.91. The summed E-state index contributed by atoms with van der Waals surface area (Å²) in [6.07, 6.45) is 2.62. The number of pyridine rings is 1. The Bertz CT molecular complexity index is 560. The van der Waals surface area contributed by atoms with Crippen molar-refractivity contribution in [3.05, 3.63) is 58.3 Å². The number of hydrogen-bond acceptors (Lipinski definition) is 2. The summed E-state index contributed by atoms with van der Waals surface area (Å²) in [5, 5.41) is 3.00. The molecule has 1 unspecified atom stereocenters. The summed E-state index contributed by atoms with van der Waals surface area (Å²) in [5.74, 6) is -0.739. The molecular formula is C13H11BrF2N2. The van der Waals surface area contributed by atoms with Crippen LogP contribution in [-0.4, -0.2) is 4.98 Å². The van der Waals surface area contributed by atoms with Gasteiger partial charge in [-0.25, -0.2) is 8.78 Å². The molecule has 0 bridgehead atoms. The molecule has 1 aromatic carbocycles. The van der Waals surface area contributed by atoms with Crippen molar-refractivity contribution in [2.75, 3.05) is 5.32 Å². The van der Waals surface area contributed by atoms with Crippen LogP contribution in [0.15, 0.2) is 41.1 Å². The van der Waals surface area contributed by atoms with Crippen molar-refractivity contribution in [3.8, 4) is 0 Å². The molecule has 0 aliphatic rings. The van der Waals surface area contributed by atoms with Crippen molar-refractivity contribution in [1.29, 1.82) is 0 Å². The number of benzene rings is 1. The van der Waals surface area contributed by atoms with Crippen LogP contribution in [0.5, 0.6) is 0 Å². The largest absolute Gasteiger partial charge is 0.377 e. The molecule has 0 saturated heterocycles. The molecule has 0 fully saturated rings. The van der Waals surface area contributed by atoms with Gasteiger partial charge in [0.2, 0.25) is 0 Å². The van der Waals surface area contributed by atoms with Crippen LogP contribution in [0, 0.1) is 11.6 Å². The minimum absolute atomic E-state index is 0.276. The third kappa shape index (κ3) is 3.04. The minimum Gasteiger partial charge on any atom is -0.377 e. The second kappa shape index (κ2) is 5.44. The predicted octanol–water partition coefficient (Wildman–Crippen LogP) is 4.30. The second-order valence-electron chi connectivity index (χ2n) is 3.92. The molecule has 1 atom stereocenters. The Hall–Kier alpha value is -1.49. The summed E-state index contributed by atoms with van der Waals surface area (Å²) in [6.45, 7) is 1.80. The molecule has 1 N–H and O–H groups in total. The van der Waals surface area contributed by atoms with Crippen molar-refractivity contribution < 1.29 is 8.78 Å². The van der Waals surface area contributed by atoms with E-state index in [1.54, 1.807) is 19.1 Å². The van der Waals surface area contributed by atoms with Crippen molar-refractivity contribution >= 4 is 21.6 Å². The minimum atomic E-state index is -0.427. The van der Waals surface area contributed by atoms with Crippen molar-refractivity contribution in [1.82, 2.24) is 4.98 Å². The maximum absolute atomic E-state index is 13.7. The van der Waals surface area contributed by atoms with Crippen LogP contribution in [0.1, 0.15) is 18.5 Å². The Morgan fingerprint density at radius 2 is 2.00 bits per heavy atom. The highest BCUT2D eigenvalue weighted by Crippen LogP contribution is 2.24. The van der Waals surface area contributed by atoms with Gasteiger partial charge in [-0.15, -0.1) is 0 Å². The quantitative estimate of drug-likeness (QED) is 0.914. The van der Waals surface area contributed by atoms with Gasteiger partial charge in [-0.1, -0.05) is 22.0 Å². The molecule has 5 heteroatoms. The summed E-state index contributed by atoms with van der Waals surface area (Å²) < 4.78 is 27.4. The van der Waals surface area contributed by atoms with Crippen LogP contribution in [0.4, 0.5) is 14.5 Å². The number of halogens is 3. The predicted molar refractivity (Wildman–Crippen MR) is 70.3 cm³/mol. The molecule has 0 amide bonds. The van der Waals surface area contributed by atoms with Crippen molar-refractivity contribution in [2.24, 2.45) is 0 Å². The van der Waals surface area contributed by atoms with Crippen LogP contribution in [0.25, 0.3) is 0 Å². The summed E-state index contributed by atoms with van der Waals surface area (Å²) in [7, 11) is 0. The Morgan fingerprint density at radius 3 is 2.67 bits per heavy atom. The summed E-state index contributed by atoms with van der Waals surface area (Å²) in [4.78, 5) is 3.73. The maximum atomic E-state index is 13.7. The molecule has 2 rings (SSSR count). The zero-order valence-electron chi connectivity index (χ0n) is 9.62. The van der Waals surface area contributed by atoms with Gasteiger partial charge in [0, 0.05) is 16.1 Å². The van der Waals surface area contributed by atoms with E-state index in [0.29, 0.717) is 15.7 Å². The normalized spacial score (nSPS) is 12.2. The molecule has 18 heavy (non-hydrogen) atoms. The van der Waals surface area contributed by atoms with Gasteiger partial charge < -0.3 is 5.32 Å². The summed E-state index contributed by atoms with van der Waals surface area (Å²) in [6, 6.07) is 5.89. The topological polar surface area (TPSA) is 24.9 Å².